The first-order valence-corrected chi connectivity index (χ1v) is 16.9. The van der Waals surface area contributed by atoms with Gasteiger partial charge < -0.3 is 0 Å². The summed E-state index contributed by atoms with van der Waals surface area (Å²) in [7, 11) is -8.24. The summed E-state index contributed by atoms with van der Waals surface area (Å²) in [6.07, 6.45) is 1.65. The van der Waals surface area contributed by atoms with Gasteiger partial charge in [0.25, 0.3) is 10.0 Å². The average Bonchev–Trinajstić information content (AvgIpc) is 3.34. The van der Waals surface area contributed by atoms with Crippen LogP contribution in [-0.2, 0) is 26.5 Å². The van der Waals surface area contributed by atoms with Gasteiger partial charge in [0.15, 0.2) is 0 Å². The second-order valence-electron chi connectivity index (χ2n) is 10.0. The van der Waals surface area contributed by atoms with E-state index in [4.69, 9.17) is 23.2 Å². The highest BCUT2D eigenvalue weighted by Crippen LogP contribution is 2.35. The van der Waals surface area contributed by atoms with Gasteiger partial charge in [0.1, 0.15) is 5.69 Å². The Kier molecular flexibility index (Phi) is 7.78. The Morgan fingerprint density at radius 3 is 1.95 bits per heavy atom. The van der Waals surface area contributed by atoms with E-state index < -0.39 is 25.8 Å². The Balaban J connectivity index is 1.62. The van der Waals surface area contributed by atoms with E-state index in [0.29, 0.717) is 27.1 Å². The molecular formula is C32H24Cl2N2O5S2. The molecule has 1 aliphatic rings. The number of benzene rings is 4. The Bertz CT molecular complexity index is 2130. The summed E-state index contributed by atoms with van der Waals surface area (Å²) in [6, 6.07) is 27.5. The van der Waals surface area contributed by atoms with Crippen LogP contribution in [0.2, 0.25) is 10.0 Å². The minimum absolute atomic E-state index is 0.00954. The van der Waals surface area contributed by atoms with Crippen LogP contribution in [0.15, 0.2) is 118 Å². The zero-order valence-corrected chi connectivity index (χ0v) is 25.7. The number of aromatic nitrogens is 1. The molecule has 5 aromatic rings. The van der Waals surface area contributed by atoms with E-state index in [9.17, 15) is 21.6 Å². The van der Waals surface area contributed by atoms with Crippen LogP contribution in [0.1, 0.15) is 21.6 Å². The first-order valence-electron chi connectivity index (χ1n) is 13.3. The van der Waals surface area contributed by atoms with Crippen molar-refractivity contribution >= 4 is 66.0 Å². The van der Waals surface area contributed by atoms with E-state index in [1.54, 1.807) is 78.9 Å². The van der Waals surface area contributed by atoms with Crippen LogP contribution in [0.4, 0.5) is 0 Å². The number of halogens is 2. The highest BCUT2D eigenvalue weighted by molar-refractivity contribution is 7.90. The molecule has 11 heteroatoms. The van der Waals surface area contributed by atoms with Gasteiger partial charge in [-0.2, -0.15) is 4.31 Å². The number of hydrogen-bond donors (Lipinski definition) is 0. The van der Waals surface area contributed by atoms with Crippen LogP contribution < -0.4 is 0 Å². The van der Waals surface area contributed by atoms with Crippen molar-refractivity contribution in [2.75, 3.05) is 13.1 Å². The molecule has 6 rings (SSSR count). The monoisotopic (exact) mass is 650 g/mol. The van der Waals surface area contributed by atoms with Gasteiger partial charge in [-0.3, -0.25) is 4.79 Å². The van der Waals surface area contributed by atoms with Crippen molar-refractivity contribution in [1.82, 2.24) is 8.28 Å². The van der Waals surface area contributed by atoms with E-state index >= 15 is 0 Å². The molecule has 4 aromatic carbocycles. The largest absolute Gasteiger partial charge is 0.287 e. The van der Waals surface area contributed by atoms with Crippen LogP contribution >= 0.6 is 23.2 Å². The molecule has 0 radical (unpaired) electrons. The summed E-state index contributed by atoms with van der Waals surface area (Å²) in [5, 5.41) is 1.13. The Hall–Kier alpha value is -3.73. The highest BCUT2D eigenvalue weighted by Gasteiger charge is 2.36. The number of Topliss-reactive ketones (excluding diaryl/α,β-unsaturated/α-hetero) is 1. The normalized spacial score (nSPS) is 15.8. The van der Waals surface area contributed by atoms with Gasteiger partial charge in [0.05, 0.1) is 25.4 Å². The number of fused-ring (bicyclic) bond motifs is 3. The van der Waals surface area contributed by atoms with Gasteiger partial charge in [-0.15, -0.1) is 0 Å². The van der Waals surface area contributed by atoms with E-state index in [1.807, 2.05) is 0 Å². The Labute approximate surface area is 259 Å². The van der Waals surface area contributed by atoms with Crippen molar-refractivity contribution in [3.63, 3.8) is 0 Å². The molecule has 0 saturated heterocycles. The number of carbonyl (C=O) groups is 1. The quantitative estimate of drug-likeness (QED) is 0.197. The van der Waals surface area contributed by atoms with Gasteiger partial charge >= 0.3 is 0 Å². The molecule has 7 nitrogen and oxygen atoms in total. The fourth-order valence-corrected chi connectivity index (χ4v) is 8.61. The van der Waals surface area contributed by atoms with E-state index in [0.717, 1.165) is 3.97 Å². The predicted molar refractivity (Wildman–Crippen MR) is 169 cm³/mol. The molecule has 0 spiro atoms. The summed E-state index contributed by atoms with van der Waals surface area (Å²) in [5.74, 6) is -0.607. The molecule has 1 aliphatic heterocycles. The molecule has 0 aliphatic carbocycles. The highest BCUT2D eigenvalue weighted by atomic mass is 35.5. The van der Waals surface area contributed by atoms with Crippen LogP contribution in [0.5, 0.6) is 0 Å². The molecule has 0 saturated carbocycles. The molecule has 0 atom stereocenters. The fourth-order valence-electron chi connectivity index (χ4n) is 5.30. The number of hydrogen-bond acceptors (Lipinski definition) is 5. The first kappa shape index (κ1) is 29.3. The molecular weight excluding hydrogens is 627 g/mol. The van der Waals surface area contributed by atoms with Crippen molar-refractivity contribution < 1.29 is 21.6 Å². The maximum Gasteiger partial charge on any atom is 0.268 e. The lowest BCUT2D eigenvalue weighted by molar-refractivity contribution is 0.102. The van der Waals surface area contributed by atoms with E-state index in [2.05, 4.69) is 0 Å². The standard InChI is InChI=1S/C32H24Cl2N2O5S2/c33-28-16-15-22(20-29(28)34)19-23-21-35(42(38,39)24-9-3-1-4-10-24)18-17-27-26-13-7-8-14-30(26)36(31(27)32(23)37)43(40,41)25-11-5-2-6-12-25/h1-16,19-20H,17-18,21H2/b23-19+. The van der Waals surface area contributed by atoms with Crippen LogP contribution in [-0.4, -0.2) is 44.0 Å². The Morgan fingerprint density at radius 2 is 1.30 bits per heavy atom. The lowest BCUT2D eigenvalue weighted by Crippen LogP contribution is -2.38. The third-order valence-corrected chi connectivity index (χ3v) is 11.7. The fraction of sp³-hybridized carbons (Fsp3) is 0.0938. The average molecular weight is 652 g/mol. The molecule has 1 aromatic heterocycles. The summed E-state index contributed by atoms with van der Waals surface area (Å²) in [5.41, 5.74) is 1.34. The molecule has 0 fully saturated rings. The minimum Gasteiger partial charge on any atom is -0.287 e. The number of carbonyl (C=O) groups excluding carboxylic acids is 1. The van der Waals surface area contributed by atoms with Gasteiger partial charge in [0.2, 0.25) is 15.8 Å². The number of rotatable bonds is 5. The van der Waals surface area contributed by atoms with Crippen LogP contribution in [0.25, 0.3) is 17.0 Å². The Morgan fingerprint density at radius 1 is 0.698 bits per heavy atom. The molecule has 0 N–H and O–H groups in total. The SMILES string of the molecule is O=C1/C(=C/c2ccc(Cl)c(Cl)c2)CN(S(=O)(=O)c2ccccc2)CCc2c1n(S(=O)(=O)c1ccccc1)c1ccccc21. The van der Waals surface area contributed by atoms with Gasteiger partial charge in [0, 0.05) is 24.0 Å². The summed E-state index contributed by atoms with van der Waals surface area (Å²) < 4.78 is 58.3. The summed E-state index contributed by atoms with van der Waals surface area (Å²) in [4.78, 5) is 14.7. The second-order valence-corrected chi connectivity index (χ2v) is 14.5. The lowest BCUT2D eigenvalue weighted by atomic mass is 9.97. The van der Waals surface area contributed by atoms with Gasteiger partial charge in [-0.25, -0.2) is 20.8 Å². The molecule has 43 heavy (non-hydrogen) atoms. The second kappa shape index (κ2) is 11.4. The van der Waals surface area contributed by atoms with Crippen molar-refractivity contribution in [2.24, 2.45) is 0 Å². The number of nitrogens with zero attached hydrogens (tertiary/aromatic N) is 2. The minimum atomic E-state index is -4.22. The third-order valence-electron chi connectivity index (χ3n) is 7.35. The van der Waals surface area contributed by atoms with E-state index in [1.165, 1.54) is 34.6 Å². The molecule has 0 bridgehead atoms. The van der Waals surface area contributed by atoms with Crippen molar-refractivity contribution in [1.29, 1.82) is 0 Å². The van der Waals surface area contributed by atoms with Crippen molar-refractivity contribution in [2.45, 2.75) is 16.2 Å². The number of sulfonamides is 1. The first-order chi connectivity index (χ1) is 20.6. The molecule has 0 amide bonds. The van der Waals surface area contributed by atoms with Crippen LogP contribution in [0.3, 0.4) is 0 Å². The topological polar surface area (TPSA) is 93.5 Å². The van der Waals surface area contributed by atoms with Crippen LogP contribution in [0, 0.1) is 0 Å². The zero-order chi connectivity index (χ0) is 30.4. The molecule has 218 valence electrons. The molecule has 0 unspecified atom stereocenters. The lowest BCUT2D eigenvalue weighted by Gasteiger charge is -2.26. The smallest absolute Gasteiger partial charge is 0.268 e. The summed E-state index contributed by atoms with van der Waals surface area (Å²) in [6.45, 7) is -0.279. The maximum absolute atomic E-state index is 14.6. The third kappa shape index (κ3) is 5.32. The molecule has 2 heterocycles. The summed E-state index contributed by atoms with van der Waals surface area (Å²) >= 11 is 12.4. The predicted octanol–water partition coefficient (Wildman–Crippen LogP) is 6.70. The van der Waals surface area contributed by atoms with Crippen molar-refractivity contribution in [3.05, 3.63) is 136 Å². The number of ketones is 1. The van der Waals surface area contributed by atoms with Crippen molar-refractivity contribution in [3.8, 4) is 0 Å². The number of para-hydroxylation sites is 1. The zero-order valence-electron chi connectivity index (χ0n) is 22.5. The van der Waals surface area contributed by atoms with E-state index in [-0.39, 0.29) is 45.6 Å². The maximum atomic E-state index is 14.6. The van der Waals surface area contributed by atoms with Gasteiger partial charge in [-0.1, -0.05) is 83.9 Å². The van der Waals surface area contributed by atoms with Gasteiger partial charge in [-0.05, 0) is 66.1 Å².